The predicted octanol–water partition coefficient (Wildman–Crippen LogP) is 1.90. The van der Waals surface area contributed by atoms with Gasteiger partial charge in [0.25, 0.3) is 0 Å². The third kappa shape index (κ3) is 16.0. The molecule has 0 aliphatic rings. The van der Waals surface area contributed by atoms with Crippen molar-refractivity contribution in [1.82, 2.24) is 21.3 Å². The molecule has 6 N–H and O–H groups in total. The lowest BCUT2D eigenvalue weighted by Gasteiger charge is -2.24. The quantitative estimate of drug-likeness (QED) is 0.188. The van der Waals surface area contributed by atoms with Gasteiger partial charge in [0, 0.05) is 39.4 Å². The van der Waals surface area contributed by atoms with E-state index in [1.165, 1.54) is 0 Å². The van der Waals surface area contributed by atoms with Gasteiger partial charge < -0.3 is 31.5 Å². The normalized spacial score (nSPS) is 11.8. The maximum atomic E-state index is 9.03. The van der Waals surface area contributed by atoms with Gasteiger partial charge in [-0.1, -0.05) is 27.7 Å². The molecular weight excluding hydrogens is 380 g/mol. The van der Waals surface area contributed by atoms with E-state index >= 15 is 0 Å². The van der Waals surface area contributed by atoms with Crippen molar-refractivity contribution in [3.05, 3.63) is 0 Å². The second-order valence-corrected chi connectivity index (χ2v) is 9.31. The van der Waals surface area contributed by atoms with Crippen LogP contribution in [0.5, 0.6) is 0 Å². The highest BCUT2D eigenvalue weighted by Crippen LogP contribution is 2.24. The van der Waals surface area contributed by atoms with Gasteiger partial charge in [-0.3, -0.25) is 0 Å². The van der Waals surface area contributed by atoms with Gasteiger partial charge in [-0.15, -0.1) is 0 Å². The van der Waals surface area contributed by atoms with Crippen molar-refractivity contribution in [2.75, 3.05) is 39.4 Å². The van der Waals surface area contributed by atoms with Crippen LogP contribution in [0.2, 0.25) is 0 Å². The van der Waals surface area contributed by atoms with Gasteiger partial charge in [-0.2, -0.15) is 0 Å². The first-order valence-corrected chi connectivity index (χ1v) is 10.7. The summed E-state index contributed by atoms with van der Waals surface area (Å²) in [4.78, 5) is 0. The van der Waals surface area contributed by atoms with Crippen LogP contribution in [0.15, 0.2) is 0 Å². The monoisotopic (exact) mass is 420 g/mol. The SMILES string of the molecule is CC(C)(CCO)CCNC(=S)NCCCNC(=S)NCCC(C)(C)CCO. The molecule has 0 amide bonds. The molecule has 0 aromatic rings. The highest BCUT2D eigenvalue weighted by atomic mass is 32.1. The molecular formula is C19H40N4O2S2. The molecule has 0 saturated carbocycles. The highest BCUT2D eigenvalue weighted by molar-refractivity contribution is 7.80. The van der Waals surface area contributed by atoms with E-state index in [-0.39, 0.29) is 24.0 Å². The first-order valence-electron chi connectivity index (χ1n) is 9.87. The maximum absolute atomic E-state index is 9.03. The molecule has 0 atom stereocenters. The third-order valence-electron chi connectivity index (χ3n) is 4.68. The third-order valence-corrected chi connectivity index (χ3v) is 5.25. The molecule has 0 rings (SSSR count). The number of nitrogens with one attached hydrogen (secondary N) is 4. The molecule has 0 saturated heterocycles. The largest absolute Gasteiger partial charge is 0.396 e. The lowest BCUT2D eigenvalue weighted by Crippen LogP contribution is -2.40. The Morgan fingerprint density at radius 1 is 0.630 bits per heavy atom. The van der Waals surface area contributed by atoms with Crippen LogP contribution in [0.4, 0.5) is 0 Å². The van der Waals surface area contributed by atoms with E-state index in [0.29, 0.717) is 10.2 Å². The van der Waals surface area contributed by atoms with Crippen molar-refractivity contribution in [2.24, 2.45) is 10.8 Å². The Morgan fingerprint density at radius 2 is 0.963 bits per heavy atom. The number of rotatable bonds is 14. The number of hydrogen-bond acceptors (Lipinski definition) is 4. The summed E-state index contributed by atoms with van der Waals surface area (Å²) < 4.78 is 0. The number of aliphatic hydroxyl groups is 2. The van der Waals surface area contributed by atoms with Gasteiger partial charge in [0.1, 0.15) is 0 Å². The molecule has 8 heteroatoms. The van der Waals surface area contributed by atoms with Crippen molar-refractivity contribution >= 4 is 34.7 Å². The fourth-order valence-electron chi connectivity index (χ4n) is 2.50. The van der Waals surface area contributed by atoms with Crippen LogP contribution in [0.1, 0.15) is 59.8 Å². The van der Waals surface area contributed by atoms with E-state index in [0.717, 1.165) is 58.3 Å². The van der Waals surface area contributed by atoms with Crippen LogP contribution in [-0.4, -0.2) is 59.8 Å². The molecule has 0 heterocycles. The van der Waals surface area contributed by atoms with Crippen molar-refractivity contribution in [3.8, 4) is 0 Å². The molecule has 0 unspecified atom stereocenters. The van der Waals surface area contributed by atoms with Gasteiger partial charge in [0.15, 0.2) is 10.2 Å². The molecule has 27 heavy (non-hydrogen) atoms. The summed E-state index contributed by atoms with van der Waals surface area (Å²) in [6.07, 6.45) is 4.44. The molecule has 160 valence electrons. The van der Waals surface area contributed by atoms with Gasteiger partial charge in [-0.05, 0) is 67.4 Å². The first-order chi connectivity index (χ1) is 12.6. The maximum Gasteiger partial charge on any atom is 0.166 e. The molecule has 0 fully saturated rings. The smallest absolute Gasteiger partial charge is 0.166 e. The Labute approximate surface area is 176 Å². The summed E-state index contributed by atoms with van der Waals surface area (Å²) in [5.41, 5.74) is 0.245. The Balaban J connectivity index is 3.64. The van der Waals surface area contributed by atoms with Crippen LogP contribution in [0.25, 0.3) is 0 Å². The van der Waals surface area contributed by atoms with E-state index < -0.39 is 0 Å². The Morgan fingerprint density at radius 3 is 1.30 bits per heavy atom. The Hall–Kier alpha value is -0.700. The first kappa shape index (κ1) is 26.3. The standard InChI is InChI=1S/C19H40N4O2S2/c1-18(2,8-14-24)6-12-22-16(26)20-10-5-11-21-17(27)23-13-7-19(3,4)9-15-25/h24-25H,5-15H2,1-4H3,(H2,20,22,26)(H2,21,23,27). The summed E-state index contributed by atoms with van der Waals surface area (Å²) in [5.74, 6) is 0. The zero-order valence-electron chi connectivity index (χ0n) is 17.5. The lowest BCUT2D eigenvalue weighted by atomic mass is 9.86. The molecule has 0 bridgehead atoms. The predicted molar refractivity (Wildman–Crippen MR) is 122 cm³/mol. The average molecular weight is 421 g/mol. The van der Waals surface area contributed by atoms with Crippen molar-refractivity contribution < 1.29 is 10.2 Å². The zero-order chi connectivity index (χ0) is 20.8. The number of hydrogen-bond donors (Lipinski definition) is 6. The molecule has 0 aromatic carbocycles. The van der Waals surface area contributed by atoms with Gasteiger partial charge in [-0.25, -0.2) is 0 Å². The molecule has 0 spiro atoms. The number of thiocarbonyl (C=S) groups is 2. The molecule has 0 radical (unpaired) electrons. The molecule has 0 aromatic heterocycles. The second kappa shape index (κ2) is 14.3. The van der Waals surface area contributed by atoms with E-state index in [9.17, 15) is 0 Å². The minimum Gasteiger partial charge on any atom is -0.396 e. The summed E-state index contributed by atoms with van der Waals surface area (Å²) in [5, 5.41) is 32.2. The van der Waals surface area contributed by atoms with Gasteiger partial charge in [0.2, 0.25) is 0 Å². The topological polar surface area (TPSA) is 88.6 Å². The molecule has 0 aliphatic carbocycles. The summed E-state index contributed by atoms with van der Waals surface area (Å²) in [6, 6.07) is 0. The van der Waals surface area contributed by atoms with Crippen molar-refractivity contribution in [2.45, 2.75) is 59.8 Å². The van der Waals surface area contributed by atoms with Crippen LogP contribution in [-0.2, 0) is 0 Å². The molecule has 0 aliphatic heterocycles. The van der Waals surface area contributed by atoms with Gasteiger partial charge >= 0.3 is 0 Å². The van der Waals surface area contributed by atoms with Crippen molar-refractivity contribution in [1.29, 1.82) is 0 Å². The Kier molecular flexibility index (Phi) is 13.9. The van der Waals surface area contributed by atoms with E-state index in [2.05, 4.69) is 49.0 Å². The van der Waals surface area contributed by atoms with E-state index in [1.54, 1.807) is 0 Å². The number of aliphatic hydroxyl groups excluding tert-OH is 2. The lowest BCUT2D eigenvalue weighted by molar-refractivity contribution is 0.202. The highest BCUT2D eigenvalue weighted by Gasteiger charge is 2.17. The second-order valence-electron chi connectivity index (χ2n) is 8.49. The van der Waals surface area contributed by atoms with E-state index in [4.69, 9.17) is 34.6 Å². The van der Waals surface area contributed by atoms with Crippen LogP contribution in [0, 0.1) is 10.8 Å². The summed E-state index contributed by atoms with van der Waals surface area (Å²) in [6.45, 7) is 12.2. The van der Waals surface area contributed by atoms with Gasteiger partial charge in [0.05, 0.1) is 0 Å². The minimum absolute atomic E-state index is 0.122. The minimum atomic E-state index is 0.122. The average Bonchev–Trinajstić information content (AvgIpc) is 2.53. The molecule has 6 nitrogen and oxygen atoms in total. The fourth-order valence-corrected chi connectivity index (χ4v) is 2.91. The zero-order valence-corrected chi connectivity index (χ0v) is 19.1. The Bertz CT molecular complexity index is 394. The van der Waals surface area contributed by atoms with E-state index in [1.807, 2.05) is 0 Å². The van der Waals surface area contributed by atoms with Crippen LogP contribution < -0.4 is 21.3 Å². The van der Waals surface area contributed by atoms with Crippen molar-refractivity contribution in [3.63, 3.8) is 0 Å². The summed E-state index contributed by atoms with van der Waals surface area (Å²) >= 11 is 10.5. The van der Waals surface area contributed by atoms with Crippen LogP contribution >= 0.6 is 24.4 Å². The summed E-state index contributed by atoms with van der Waals surface area (Å²) in [7, 11) is 0. The van der Waals surface area contributed by atoms with Crippen LogP contribution in [0.3, 0.4) is 0 Å². The fraction of sp³-hybridized carbons (Fsp3) is 0.895.